The van der Waals surface area contributed by atoms with E-state index in [1.54, 1.807) is 54.6 Å². The highest BCUT2D eigenvalue weighted by Gasteiger charge is 2.13. The van der Waals surface area contributed by atoms with E-state index in [2.05, 4.69) is 4.72 Å². The lowest BCUT2D eigenvalue weighted by atomic mass is 10.2. The van der Waals surface area contributed by atoms with E-state index in [0.717, 1.165) is 5.56 Å². The van der Waals surface area contributed by atoms with Crippen LogP contribution in [-0.4, -0.2) is 8.42 Å². The van der Waals surface area contributed by atoms with Gasteiger partial charge in [-0.05, 0) is 48.0 Å². The van der Waals surface area contributed by atoms with Crippen LogP contribution in [0.4, 0.5) is 5.69 Å². The van der Waals surface area contributed by atoms with Crippen LogP contribution in [0.3, 0.4) is 0 Å². The van der Waals surface area contributed by atoms with Gasteiger partial charge in [-0.2, -0.15) is 0 Å². The monoisotopic (exact) mass is 407 g/mol. The van der Waals surface area contributed by atoms with E-state index in [-0.39, 0.29) is 11.5 Å². The molecule has 0 saturated heterocycles. The number of rotatable bonds is 6. The molecule has 0 bridgehead atoms. The number of hydrogen-bond donors (Lipinski definition) is 1. The number of hydrogen-bond acceptors (Lipinski definition) is 3. The highest BCUT2D eigenvalue weighted by Crippen LogP contribution is 2.28. The van der Waals surface area contributed by atoms with Gasteiger partial charge in [0.15, 0.2) is 0 Å². The first kappa shape index (κ1) is 18.6. The van der Waals surface area contributed by atoms with Crippen LogP contribution < -0.4 is 9.46 Å². The van der Waals surface area contributed by atoms with Gasteiger partial charge >= 0.3 is 0 Å². The second-order valence-electron chi connectivity index (χ2n) is 5.48. The normalized spacial score (nSPS) is 11.2. The summed E-state index contributed by atoms with van der Waals surface area (Å²) in [5.74, 6) is 0.506. The van der Waals surface area contributed by atoms with Gasteiger partial charge in [0.05, 0.1) is 9.92 Å². The van der Waals surface area contributed by atoms with E-state index in [1.807, 2.05) is 6.07 Å². The third kappa shape index (κ3) is 4.69. The number of benzene rings is 3. The van der Waals surface area contributed by atoms with Crippen molar-refractivity contribution in [3.05, 3.63) is 88.4 Å². The first-order valence-electron chi connectivity index (χ1n) is 7.69. The van der Waals surface area contributed by atoms with Crippen molar-refractivity contribution in [1.82, 2.24) is 0 Å². The summed E-state index contributed by atoms with van der Waals surface area (Å²) >= 11 is 11.9. The Morgan fingerprint density at radius 1 is 0.885 bits per heavy atom. The Morgan fingerprint density at radius 2 is 1.65 bits per heavy atom. The quantitative estimate of drug-likeness (QED) is 0.596. The Labute approximate surface area is 162 Å². The number of anilines is 1. The highest BCUT2D eigenvalue weighted by atomic mass is 35.5. The Kier molecular flexibility index (Phi) is 5.71. The lowest BCUT2D eigenvalue weighted by molar-refractivity contribution is 0.306. The molecule has 134 valence electrons. The van der Waals surface area contributed by atoms with Crippen LogP contribution in [-0.2, 0) is 16.6 Å². The molecule has 3 rings (SSSR count). The molecule has 0 aliphatic rings. The molecule has 0 aliphatic carbocycles. The zero-order chi connectivity index (χ0) is 18.6. The van der Waals surface area contributed by atoms with Crippen LogP contribution in [0.25, 0.3) is 0 Å². The maximum atomic E-state index is 12.4. The van der Waals surface area contributed by atoms with Gasteiger partial charge in [0.1, 0.15) is 12.4 Å². The maximum absolute atomic E-state index is 12.4. The van der Waals surface area contributed by atoms with Gasteiger partial charge in [0, 0.05) is 10.7 Å². The molecule has 26 heavy (non-hydrogen) atoms. The van der Waals surface area contributed by atoms with Gasteiger partial charge in [0.2, 0.25) is 0 Å². The van der Waals surface area contributed by atoms with Crippen LogP contribution in [0.1, 0.15) is 5.56 Å². The Hall–Kier alpha value is -2.21. The summed E-state index contributed by atoms with van der Waals surface area (Å²) in [6, 6.07) is 20.2. The van der Waals surface area contributed by atoms with E-state index >= 15 is 0 Å². The molecule has 0 heterocycles. The molecule has 0 unspecified atom stereocenters. The second kappa shape index (κ2) is 7.99. The number of halogens is 2. The molecule has 4 nitrogen and oxygen atoms in total. The van der Waals surface area contributed by atoms with Gasteiger partial charge in [-0.15, -0.1) is 0 Å². The summed E-state index contributed by atoms with van der Waals surface area (Å²) in [7, 11) is -3.64. The molecule has 3 aromatic carbocycles. The van der Waals surface area contributed by atoms with Crippen LogP contribution in [0, 0.1) is 0 Å². The molecule has 0 aliphatic heterocycles. The maximum Gasteiger partial charge on any atom is 0.261 e. The summed E-state index contributed by atoms with van der Waals surface area (Å²) < 4.78 is 33.0. The molecule has 0 radical (unpaired) electrons. The van der Waals surface area contributed by atoms with Crippen molar-refractivity contribution in [3.8, 4) is 5.75 Å². The topological polar surface area (TPSA) is 55.4 Å². The molecule has 7 heteroatoms. The van der Waals surface area contributed by atoms with Gasteiger partial charge in [-0.3, -0.25) is 4.72 Å². The van der Waals surface area contributed by atoms with Gasteiger partial charge in [0.25, 0.3) is 10.0 Å². The van der Waals surface area contributed by atoms with Crippen LogP contribution in [0.2, 0.25) is 10.0 Å². The second-order valence-corrected chi connectivity index (χ2v) is 8.01. The van der Waals surface area contributed by atoms with E-state index in [0.29, 0.717) is 21.5 Å². The van der Waals surface area contributed by atoms with Crippen molar-refractivity contribution >= 4 is 38.9 Å². The van der Waals surface area contributed by atoms with E-state index in [1.165, 1.54) is 12.1 Å². The summed E-state index contributed by atoms with van der Waals surface area (Å²) in [6.45, 7) is 0.238. The highest BCUT2D eigenvalue weighted by molar-refractivity contribution is 7.92. The fourth-order valence-electron chi connectivity index (χ4n) is 2.29. The first-order valence-corrected chi connectivity index (χ1v) is 9.93. The van der Waals surface area contributed by atoms with Crippen molar-refractivity contribution in [2.45, 2.75) is 11.5 Å². The first-order chi connectivity index (χ1) is 12.4. The van der Waals surface area contributed by atoms with E-state index in [4.69, 9.17) is 27.9 Å². The lowest BCUT2D eigenvalue weighted by Crippen LogP contribution is -2.13. The summed E-state index contributed by atoms with van der Waals surface area (Å²) in [4.78, 5) is 0.203. The number of ether oxygens (including phenoxy) is 1. The SMILES string of the molecule is O=S(=O)(Nc1cccc(COc2ccc(Cl)cc2Cl)c1)c1ccccc1. The third-order valence-corrected chi connectivity index (χ3v) is 5.45. The van der Waals surface area contributed by atoms with Crippen LogP contribution >= 0.6 is 23.2 Å². The zero-order valence-corrected chi connectivity index (χ0v) is 15.9. The third-order valence-electron chi connectivity index (χ3n) is 3.52. The summed E-state index contributed by atoms with van der Waals surface area (Å²) in [5, 5.41) is 0.943. The van der Waals surface area contributed by atoms with Crippen molar-refractivity contribution in [1.29, 1.82) is 0 Å². The fraction of sp³-hybridized carbons (Fsp3) is 0.0526. The Morgan fingerprint density at radius 3 is 2.38 bits per heavy atom. The molecule has 3 aromatic rings. The summed E-state index contributed by atoms with van der Waals surface area (Å²) in [5.41, 5.74) is 1.25. The molecular weight excluding hydrogens is 393 g/mol. The Balaban J connectivity index is 1.72. The minimum atomic E-state index is -3.64. The lowest BCUT2D eigenvalue weighted by Gasteiger charge is -2.11. The standard InChI is InChI=1S/C19H15Cl2NO3S/c20-15-9-10-19(18(21)12-15)25-13-14-5-4-6-16(11-14)22-26(23,24)17-7-2-1-3-8-17/h1-12,22H,13H2. The van der Waals surface area contributed by atoms with Crippen LogP contribution in [0.15, 0.2) is 77.7 Å². The minimum absolute atomic E-state index is 0.203. The summed E-state index contributed by atoms with van der Waals surface area (Å²) in [6.07, 6.45) is 0. The zero-order valence-electron chi connectivity index (χ0n) is 13.5. The predicted molar refractivity (Wildman–Crippen MR) is 104 cm³/mol. The molecular formula is C19H15Cl2NO3S. The van der Waals surface area contributed by atoms with Crippen molar-refractivity contribution in [3.63, 3.8) is 0 Å². The van der Waals surface area contributed by atoms with Crippen molar-refractivity contribution in [2.75, 3.05) is 4.72 Å². The molecule has 0 saturated carbocycles. The van der Waals surface area contributed by atoms with Crippen molar-refractivity contribution in [2.24, 2.45) is 0 Å². The van der Waals surface area contributed by atoms with Crippen LogP contribution in [0.5, 0.6) is 5.75 Å². The van der Waals surface area contributed by atoms with Crippen molar-refractivity contribution < 1.29 is 13.2 Å². The van der Waals surface area contributed by atoms with Gasteiger partial charge < -0.3 is 4.74 Å². The molecule has 0 aromatic heterocycles. The average molecular weight is 408 g/mol. The smallest absolute Gasteiger partial charge is 0.261 e. The largest absolute Gasteiger partial charge is 0.487 e. The number of nitrogens with one attached hydrogen (secondary N) is 1. The molecule has 0 atom stereocenters. The fourth-order valence-corrected chi connectivity index (χ4v) is 3.83. The van der Waals surface area contributed by atoms with Gasteiger partial charge in [-0.1, -0.05) is 53.5 Å². The Bertz CT molecular complexity index is 1010. The average Bonchev–Trinajstić information content (AvgIpc) is 2.62. The molecule has 0 fully saturated rings. The molecule has 0 spiro atoms. The van der Waals surface area contributed by atoms with E-state index in [9.17, 15) is 8.42 Å². The molecule has 1 N–H and O–H groups in total. The van der Waals surface area contributed by atoms with Gasteiger partial charge in [-0.25, -0.2) is 8.42 Å². The predicted octanol–water partition coefficient (Wildman–Crippen LogP) is 5.37. The molecule has 0 amide bonds. The minimum Gasteiger partial charge on any atom is -0.487 e. The number of sulfonamides is 1. The van der Waals surface area contributed by atoms with E-state index < -0.39 is 10.0 Å².